The number of para-hydroxylation sites is 1. The number of halogens is 3. The number of piperidine rings is 1. The van der Waals surface area contributed by atoms with Crippen LogP contribution in [0.1, 0.15) is 41.6 Å². The van der Waals surface area contributed by atoms with Gasteiger partial charge in [-0.15, -0.1) is 0 Å². The number of benzene rings is 2. The van der Waals surface area contributed by atoms with E-state index in [9.17, 15) is 18.0 Å². The standard InChI is InChI=1S/C29H33F3N6O/c30-29(31,32)22-8-6-20(7-9-22)27-24-19-33-13-10-26(24)37(35-27)15-3-14-36-16-11-23(12-17-36)38-25-5-2-1-4-21(25)18-34-28(38)39/h1-2,4-9,23,33H,3,10-19H2,(H,34,39). The minimum absolute atomic E-state index is 0.00561. The highest BCUT2D eigenvalue weighted by Crippen LogP contribution is 2.33. The van der Waals surface area contributed by atoms with E-state index in [1.807, 2.05) is 23.1 Å². The van der Waals surface area contributed by atoms with Crippen molar-refractivity contribution in [2.75, 3.05) is 31.1 Å². The maximum atomic E-state index is 13.0. The molecule has 39 heavy (non-hydrogen) atoms. The molecule has 7 nitrogen and oxygen atoms in total. The van der Waals surface area contributed by atoms with E-state index >= 15 is 0 Å². The van der Waals surface area contributed by atoms with Crippen LogP contribution in [0, 0.1) is 0 Å². The lowest BCUT2D eigenvalue weighted by molar-refractivity contribution is -0.137. The second-order valence-electron chi connectivity index (χ2n) is 10.6. The average Bonchev–Trinajstić information content (AvgIpc) is 3.32. The fourth-order valence-electron chi connectivity index (χ4n) is 6.12. The van der Waals surface area contributed by atoms with Crippen molar-refractivity contribution in [3.63, 3.8) is 0 Å². The number of aryl methyl sites for hydroxylation is 1. The van der Waals surface area contributed by atoms with Crippen molar-refractivity contribution >= 4 is 11.7 Å². The number of carbonyl (C=O) groups is 1. The van der Waals surface area contributed by atoms with Gasteiger partial charge in [0.05, 0.1) is 16.9 Å². The Morgan fingerprint density at radius 3 is 2.51 bits per heavy atom. The lowest BCUT2D eigenvalue weighted by atomic mass is 10.00. The lowest BCUT2D eigenvalue weighted by Crippen LogP contribution is -2.53. The van der Waals surface area contributed by atoms with Crippen molar-refractivity contribution in [3.05, 3.63) is 70.9 Å². The number of nitrogens with one attached hydrogen (secondary N) is 2. The van der Waals surface area contributed by atoms with Crippen molar-refractivity contribution in [2.45, 2.75) is 57.5 Å². The zero-order valence-electron chi connectivity index (χ0n) is 21.8. The maximum absolute atomic E-state index is 13.0. The van der Waals surface area contributed by atoms with Gasteiger partial charge in [0.25, 0.3) is 0 Å². The molecule has 0 radical (unpaired) electrons. The quantitative estimate of drug-likeness (QED) is 0.474. The molecule has 1 aromatic heterocycles. The predicted octanol–water partition coefficient (Wildman–Crippen LogP) is 4.80. The highest BCUT2D eigenvalue weighted by molar-refractivity contribution is 5.95. The summed E-state index contributed by atoms with van der Waals surface area (Å²) in [5.74, 6) is 0. The van der Waals surface area contributed by atoms with Crippen LogP contribution in [0.4, 0.5) is 23.7 Å². The summed E-state index contributed by atoms with van der Waals surface area (Å²) in [6.45, 7) is 5.71. The van der Waals surface area contributed by atoms with E-state index in [1.54, 1.807) is 0 Å². The molecule has 2 aromatic carbocycles. The number of nitrogens with zero attached hydrogens (tertiary/aromatic N) is 4. The van der Waals surface area contributed by atoms with Crippen LogP contribution in [0.15, 0.2) is 48.5 Å². The van der Waals surface area contributed by atoms with Gasteiger partial charge in [-0.05, 0) is 49.6 Å². The first-order valence-corrected chi connectivity index (χ1v) is 13.7. The van der Waals surface area contributed by atoms with Crippen molar-refractivity contribution in [1.29, 1.82) is 0 Å². The minimum Gasteiger partial charge on any atom is -0.334 e. The van der Waals surface area contributed by atoms with Gasteiger partial charge in [-0.25, -0.2) is 4.79 Å². The number of anilines is 1. The van der Waals surface area contributed by atoms with Crippen LogP contribution >= 0.6 is 0 Å². The minimum atomic E-state index is -4.35. The van der Waals surface area contributed by atoms with E-state index in [4.69, 9.17) is 5.10 Å². The van der Waals surface area contributed by atoms with Gasteiger partial charge >= 0.3 is 12.2 Å². The first kappa shape index (κ1) is 25.9. The number of rotatable bonds is 6. The Morgan fingerprint density at radius 1 is 0.974 bits per heavy atom. The van der Waals surface area contributed by atoms with Gasteiger partial charge in [0.2, 0.25) is 0 Å². The second-order valence-corrected chi connectivity index (χ2v) is 10.6. The molecule has 3 aliphatic rings. The molecule has 0 atom stereocenters. The zero-order chi connectivity index (χ0) is 27.0. The summed E-state index contributed by atoms with van der Waals surface area (Å²) in [6, 6.07) is 13.6. The molecule has 2 N–H and O–H groups in total. The summed E-state index contributed by atoms with van der Waals surface area (Å²) in [5, 5.41) is 11.2. The molecule has 0 bridgehead atoms. The Bertz CT molecular complexity index is 1330. The number of urea groups is 1. The summed E-state index contributed by atoms with van der Waals surface area (Å²) in [5.41, 5.74) is 5.29. The van der Waals surface area contributed by atoms with E-state index in [1.165, 1.54) is 17.8 Å². The van der Waals surface area contributed by atoms with Gasteiger partial charge in [-0.3, -0.25) is 9.58 Å². The third kappa shape index (κ3) is 5.27. The summed E-state index contributed by atoms with van der Waals surface area (Å²) >= 11 is 0. The molecular formula is C29H33F3N6O. The molecule has 4 heterocycles. The number of aromatic nitrogens is 2. The summed E-state index contributed by atoms with van der Waals surface area (Å²) < 4.78 is 41.2. The third-order valence-electron chi connectivity index (χ3n) is 8.16. The molecule has 1 saturated heterocycles. The highest BCUT2D eigenvalue weighted by Gasteiger charge is 2.33. The number of hydrogen-bond acceptors (Lipinski definition) is 4. The van der Waals surface area contributed by atoms with Gasteiger partial charge in [-0.1, -0.05) is 30.3 Å². The third-order valence-corrected chi connectivity index (χ3v) is 8.16. The van der Waals surface area contributed by atoms with E-state index in [2.05, 4.69) is 26.3 Å². The predicted molar refractivity (Wildman–Crippen MR) is 143 cm³/mol. The Hall–Kier alpha value is -3.37. The molecule has 1 fully saturated rings. The number of alkyl halides is 3. The van der Waals surface area contributed by atoms with Gasteiger partial charge in [0.1, 0.15) is 0 Å². The highest BCUT2D eigenvalue weighted by atomic mass is 19.4. The van der Waals surface area contributed by atoms with Gasteiger partial charge in [-0.2, -0.15) is 18.3 Å². The van der Waals surface area contributed by atoms with Crippen LogP contribution in [0.25, 0.3) is 11.3 Å². The van der Waals surface area contributed by atoms with Gasteiger partial charge < -0.3 is 15.5 Å². The van der Waals surface area contributed by atoms with Crippen LogP contribution < -0.4 is 15.5 Å². The average molecular weight is 539 g/mol. The van der Waals surface area contributed by atoms with Crippen LogP contribution in [0.3, 0.4) is 0 Å². The first-order valence-electron chi connectivity index (χ1n) is 13.7. The van der Waals surface area contributed by atoms with Crippen molar-refractivity contribution < 1.29 is 18.0 Å². The molecular weight excluding hydrogens is 505 g/mol. The van der Waals surface area contributed by atoms with Crippen LogP contribution in [-0.4, -0.2) is 52.9 Å². The van der Waals surface area contributed by atoms with E-state index in [-0.39, 0.29) is 12.1 Å². The molecule has 206 valence electrons. The Balaban J connectivity index is 1.07. The zero-order valence-corrected chi connectivity index (χ0v) is 21.8. The molecule has 0 saturated carbocycles. The molecule has 10 heteroatoms. The number of amides is 2. The Labute approximate surface area is 226 Å². The SMILES string of the molecule is O=C1NCc2ccccc2N1C1CCN(CCCn2nc(-c3ccc(C(F)(F)F)cc3)c3c2CCNC3)CC1. The van der Waals surface area contributed by atoms with Crippen molar-refractivity contribution in [3.8, 4) is 11.3 Å². The topological polar surface area (TPSA) is 65.4 Å². The molecule has 0 unspecified atom stereocenters. The number of hydrogen-bond donors (Lipinski definition) is 2. The molecule has 3 aliphatic heterocycles. The van der Waals surface area contributed by atoms with E-state index in [0.717, 1.165) is 93.0 Å². The van der Waals surface area contributed by atoms with E-state index < -0.39 is 11.7 Å². The largest absolute Gasteiger partial charge is 0.416 e. The number of fused-ring (bicyclic) bond motifs is 2. The Kier molecular flexibility index (Phi) is 7.07. The summed E-state index contributed by atoms with van der Waals surface area (Å²) in [4.78, 5) is 17.1. The lowest BCUT2D eigenvalue weighted by Gasteiger charge is -2.41. The van der Waals surface area contributed by atoms with Gasteiger partial charge in [0, 0.05) is 68.6 Å². The monoisotopic (exact) mass is 538 g/mol. The van der Waals surface area contributed by atoms with Gasteiger partial charge in [0.15, 0.2) is 0 Å². The molecule has 3 aromatic rings. The normalized spacial score (nSPS) is 18.5. The van der Waals surface area contributed by atoms with Crippen molar-refractivity contribution in [2.24, 2.45) is 0 Å². The van der Waals surface area contributed by atoms with Crippen LogP contribution in [0.5, 0.6) is 0 Å². The summed E-state index contributed by atoms with van der Waals surface area (Å²) in [7, 11) is 0. The smallest absolute Gasteiger partial charge is 0.334 e. The molecule has 0 spiro atoms. The fourth-order valence-corrected chi connectivity index (χ4v) is 6.12. The Morgan fingerprint density at radius 2 is 1.74 bits per heavy atom. The second kappa shape index (κ2) is 10.7. The summed E-state index contributed by atoms with van der Waals surface area (Å²) in [6.07, 6.45) is -0.692. The van der Waals surface area contributed by atoms with Crippen LogP contribution in [-0.2, 0) is 32.2 Å². The number of likely N-dealkylation sites (tertiary alicyclic amines) is 1. The van der Waals surface area contributed by atoms with Crippen LogP contribution in [0.2, 0.25) is 0 Å². The number of carbonyl (C=O) groups excluding carboxylic acids is 1. The maximum Gasteiger partial charge on any atom is 0.416 e. The van der Waals surface area contributed by atoms with Crippen molar-refractivity contribution in [1.82, 2.24) is 25.3 Å². The molecule has 6 rings (SSSR count). The fraction of sp³-hybridized carbons (Fsp3) is 0.448. The van der Waals surface area contributed by atoms with E-state index in [0.29, 0.717) is 18.7 Å². The first-order chi connectivity index (χ1) is 18.9. The molecule has 2 amide bonds. The molecule has 0 aliphatic carbocycles.